The molecular weight excluding hydrogens is 308 g/mol. The SMILES string of the molecule is COC[C@H]1CC[C@@H]2[C@](C)(CCC[C@]2(C)C(=O)OC)[C@H]1CC(=O)OC. The van der Waals surface area contributed by atoms with Gasteiger partial charge in [0.05, 0.1) is 19.6 Å². The van der Waals surface area contributed by atoms with Crippen LogP contribution in [-0.2, 0) is 23.8 Å². The molecule has 2 fully saturated rings. The third-order valence-corrected chi connectivity index (χ3v) is 6.87. The number of fused-ring (bicyclic) bond motifs is 1. The van der Waals surface area contributed by atoms with Crippen LogP contribution in [0.2, 0.25) is 0 Å². The van der Waals surface area contributed by atoms with Crippen LogP contribution in [-0.4, -0.2) is 39.9 Å². The summed E-state index contributed by atoms with van der Waals surface area (Å²) >= 11 is 0. The first kappa shape index (κ1) is 19.2. The predicted octanol–water partition coefficient (Wildman–Crippen LogP) is 3.21. The van der Waals surface area contributed by atoms with Gasteiger partial charge in [-0.2, -0.15) is 0 Å². The molecule has 0 unspecified atom stereocenters. The van der Waals surface area contributed by atoms with Crippen molar-refractivity contribution in [3.05, 3.63) is 0 Å². The van der Waals surface area contributed by atoms with E-state index in [1.54, 1.807) is 7.11 Å². The first-order chi connectivity index (χ1) is 11.3. The van der Waals surface area contributed by atoms with E-state index in [0.717, 1.165) is 32.1 Å². The molecule has 2 aliphatic rings. The summed E-state index contributed by atoms with van der Waals surface area (Å²) in [6.07, 6.45) is 5.23. The number of ether oxygens (including phenoxy) is 3. The second-order valence-corrected chi connectivity index (χ2v) is 8.00. The topological polar surface area (TPSA) is 61.8 Å². The van der Waals surface area contributed by atoms with Gasteiger partial charge in [0.1, 0.15) is 0 Å². The minimum Gasteiger partial charge on any atom is -0.469 e. The Morgan fingerprint density at radius 3 is 2.33 bits per heavy atom. The summed E-state index contributed by atoms with van der Waals surface area (Å²) in [5.74, 6) is 0.450. The van der Waals surface area contributed by atoms with Crippen LogP contribution in [0.3, 0.4) is 0 Å². The smallest absolute Gasteiger partial charge is 0.311 e. The summed E-state index contributed by atoms with van der Waals surface area (Å²) in [5, 5.41) is 0. The summed E-state index contributed by atoms with van der Waals surface area (Å²) in [6.45, 7) is 4.96. The van der Waals surface area contributed by atoms with Crippen molar-refractivity contribution in [2.75, 3.05) is 27.9 Å². The maximum absolute atomic E-state index is 12.5. The Labute approximate surface area is 145 Å². The Balaban J connectivity index is 2.37. The van der Waals surface area contributed by atoms with E-state index >= 15 is 0 Å². The molecule has 2 aliphatic carbocycles. The molecule has 0 aromatic rings. The number of hydrogen-bond acceptors (Lipinski definition) is 5. The zero-order valence-electron chi connectivity index (χ0n) is 15.7. The van der Waals surface area contributed by atoms with E-state index in [0.29, 0.717) is 18.9 Å². The minimum absolute atomic E-state index is 0.0726. The molecule has 0 aromatic carbocycles. The van der Waals surface area contributed by atoms with Gasteiger partial charge >= 0.3 is 11.9 Å². The lowest BCUT2D eigenvalue weighted by Crippen LogP contribution is -2.56. The van der Waals surface area contributed by atoms with Crippen LogP contribution in [0.4, 0.5) is 0 Å². The summed E-state index contributed by atoms with van der Waals surface area (Å²) in [7, 11) is 4.63. The number of esters is 2. The molecule has 5 atom stereocenters. The normalized spacial score (nSPS) is 39.0. The van der Waals surface area contributed by atoms with E-state index in [1.807, 2.05) is 6.92 Å². The zero-order chi connectivity index (χ0) is 18.0. The summed E-state index contributed by atoms with van der Waals surface area (Å²) < 4.78 is 15.5. The van der Waals surface area contributed by atoms with Gasteiger partial charge in [0, 0.05) is 20.1 Å². The van der Waals surface area contributed by atoms with Gasteiger partial charge in [-0.3, -0.25) is 9.59 Å². The average molecular weight is 340 g/mol. The van der Waals surface area contributed by atoms with Crippen molar-refractivity contribution in [3.63, 3.8) is 0 Å². The molecule has 0 radical (unpaired) electrons. The van der Waals surface area contributed by atoms with Crippen molar-refractivity contribution in [2.45, 2.75) is 52.4 Å². The van der Waals surface area contributed by atoms with Crippen LogP contribution in [0, 0.1) is 28.6 Å². The number of rotatable bonds is 5. The third-order valence-electron chi connectivity index (χ3n) is 6.87. The molecule has 0 aromatic heterocycles. The molecule has 0 saturated heterocycles. The lowest BCUT2D eigenvalue weighted by molar-refractivity contribution is -0.177. The fraction of sp³-hybridized carbons (Fsp3) is 0.895. The minimum atomic E-state index is -0.464. The fourth-order valence-electron chi connectivity index (χ4n) is 5.68. The standard InChI is InChI=1S/C19H32O5/c1-18-9-6-10-19(2,17(21)24-5)15(18)8-7-13(12-22-3)14(18)11-16(20)23-4/h13-15H,6-12H2,1-5H3/t13-,14+,15-,18-,19+/m1/s1. The van der Waals surface area contributed by atoms with Crippen LogP contribution in [0.1, 0.15) is 52.4 Å². The second kappa shape index (κ2) is 7.42. The Hall–Kier alpha value is -1.10. The van der Waals surface area contributed by atoms with E-state index in [9.17, 15) is 9.59 Å². The molecule has 0 amide bonds. The average Bonchev–Trinajstić information content (AvgIpc) is 2.56. The number of methoxy groups -OCH3 is 3. The van der Waals surface area contributed by atoms with E-state index in [2.05, 4.69) is 6.92 Å². The van der Waals surface area contributed by atoms with Crippen LogP contribution in [0.15, 0.2) is 0 Å². The Bertz CT molecular complexity index is 476. The van der Waals surface area contributed by atoms with Crippen LogP contribution >= 0.6 is 0 Å². The number of hydrogen-bond donors (Lipinski definition) is 0. The van der Waals surface area contributed by atoms with Crippen molar-refractivity contribution in [1.29, 1.82) is 0 Å². The zero-order valence-corrected chi connectivity index (χ0v) is 15.7. The summed E-state index contributed by atoms with van der Waals surface area (Å²) in [5.41, 5.74) is -0.537. The highest BCUT2D eigenvalue weighted by atomic mass is 16.5. The Kier molecular flexibility index (Phi) is 5.95. The molecule has 24 heavy (non-hydrogen) atoms. The van der Waals surface area contributed by atoms with Crippen molar-refractivity contribution in [3.8, 4) is 0 Å². The van der Waals surface area contributed by atoms with E-state index in [4.69, 9.17) is 14.2 Å². The van der Waals surface area contributed by atoms with Gasteiger partial charge in [0.2, 0.25) is 0 Å². The fourth-order valence-corrected chi connectivity index (χ4v) is 5.68. The van der Waals surface area contributed by atoms with Gasteiger partial charge in [0.25, 0.3) is 0 Å². The molecule has 0 spiro atoms. The molecule has 2 rings (SSSR count). The Morgan fingerprint density at radius 2 is 1.75 bits per heavy atom. The van der Waals surface area contributed by atoms with Gasteiger partial charge in [0.15, 0.2) is 0 Å². The highest BCUT2D eigenvalue weighted by Gasteiger charge is 2.59. The van der Waals surface area contributed by atoms with Crippen LogP contribution in [0.25, 0.3) is 0 Å². The maximum atomic E-state index is 12.5. The first-order valence-electron chi connectivity index (χ1n) is 8.97. The lowest BCUT2D eigenvalue weighted by atomic mass is 9.45. The Morgan fingerprint density at radius 1 is 1.04 bits per heavy atom. The van der Waals surface area contributed by atoms with Gasteiger partial charge < -0.3 is 14.2 Å². The monoisotopic (exact) mass is 340 g/mol. The number of carbonyl (C=O) groups is 2. The molecule has 5 nitrogen and oxygen atoms in total. The van der Waals surface area contributed by atoms with Gasteiger partial charge in [-0.05, 0) is 55.8 Å². The largest absolute Gasteiger partial charge is 0.469 e. The lowest BCUT2D eigenvalue weighted by Gasteiger charge is -2.58. The van der Waals surface area contributed by atoms with Crippen molar-refractivity contribution in [2.24, 2.45) is 28.6 Å². The summed E-state index contributed by atoms with van der Waals surface area (Å²) in [4.78, 5) is 24.6. The van der Waals surface area contributed by atoms with E-state index in [-0.39, 0.29) is 29.2 Å². The number of carbonyl (C=O) groups excluding carboxylic acids is 2. The summed E-state index contributed by atoms with van der Waals surface area (Å²) in [6, 6.07) is 0. The van der Waals surface area contributed by atoms with E-state index in [1.165, 1.54) is 14.2 Å². The predicted molar refractivity (Wildman–Crippen MR) is 90.3 cm³/mol. The molecule has 138 valence electrons. The molecular formula is C19H32O5. The molecule has 0 N–H and O–H groups in total. The molecule has 2 saturated carbocycles. The molecule has 0 heterocycles. The molecule has 0 aliphatic heterocycles. The maximum Gasteiger partial charge on any atom is 0.311 e. The first-order valence-corrected chi connectivity index (χ1v) is 8.97. The van der Waals surface area contributed by atoms with Gasteiger partial charge in [-0.25, -0.2) is 0 Å². The van der Waals surface area contributed by atoms with Crippen molar-refractivity contribution < 1.29 is 23.8 Å². The van der Waals surface area contributed by atoms with Gasteiger partial charge in [-0.1, -0.05) is 13.3 Å². The van der Waals surface area contributed by atoms with Crippen molar-refractivity contribution in [1.82, 2.24) is 0 Å². The molecule has 5 heteroatoms. The van der Waals surface area contributed by atoms with Crippen LogP contribution in [0.5, 0.6) is 0 Å². The molecule has 0 bridgehead atoms. The third kappa shape index (κ3) is 3.19. The van der Waals surface area contributed by atoms with Gasteiger partial charge in [-0.15, -0.1) is 0 Å². The quantitative estimate of drug-likeness (QED) is 0.719. The highest BCUT2D eigenvalue weighted by Crippen LogP contribution is 2.62. The second-order valence-electron chi connectivity index (χ2n) is 8.00. The highest BCUT2D eigenvalue weighted by molar-refractivity contribution is 5.77. The van der Waals surface area contributed by atoms with Crippen molar-refractivity contribution >= 4 is 11.9 Å². The van der Waals surface area contributed by atoms with Crippen LogP contribution < -0.4 is 0 Å². The van der Waals surface area contributed by atoms with E-state index < -0.39 is 5.41 Å².